The van der Waals surface area contributed by atoms with E-state index in [1.54, 1.807) is 6.07 Å². The lowest BCUT2D eigenvalue weighted by molar-refractivity contribution is 0.114. The topological polar surface area (TPSA) is 9.23 Å². The first-order valence-electron chi connectivity index (χ1n) is 11.7. The third-order valence-corrected chi connectivity index (χ3v) is 7.40. The van der Waals surface area contributed by atoms with Gasteiger partial charge in [0.25, 0.3) is 0 Å². The maximum atomic E-state index is 14.8. The summed E-state index contributed by atoms with van der Waals surface area (Å²) >= 11 is 0. The third-order valence-electron chi connectivity index (χ3n) is 7.40. The predicted molar refractivity (Wildman–Crippen MR) is 120 cm³/mol. The zero-order valence-corrected chi connectivity index (χ0v) is 18.0. The average Bonchev–Trinajstić information content (AvgIpc) is 2.75. The molecule has 4 atom stereocenters. The molecule has 0 heterocycles. The molecular weight excluding hydrogens is 359 g/mol. The van der Waals surface area contributed by atoms with E-state index in [4.69, 9.17) is 4.74 Å². The zero-order valence-electron chi connectivity index (χ0n) is 18.0. The van der Waals surface area contributed by atoms with Gasteiger partial charge in [0.1, 0.15) is 6.61 Å². The normalized spacial score (nSPS) is 27.3. The molecule has 0 radical (unpaired) electrons. The van der Waals surface area contributed by atoms with Gasteiger partial charge in [0.15, 0.2) is 11.6 Å². The van der Waals surface area contributed by atoms with Crippen molar-refractivity contribution < 1.29 is 9.13 Å². The van der Waals surface area contributed by atoms with Crippen molar-refractivity contribution in [2.45, 2.75) is 71.1 Å². The van der Waals surface area contributed by atoms with Crippen LogP contribution in [0.3, 0.4) is 0 Å². The average molecular weight is 395 g/mol. The van der Waals surface area contributed by atoms with Gasteiger partial charge in [-0.2, -0.15) is 0 Å². The van der Waals surface area contributed by atoms with Crippen molar-refractivity contribution in [2.24, 2.45) is 17.8 Å². The highest BCUT2D eigenvalue weighted by atomic mass is 19.1. The first-order chi connectivity index (χ1) is 14.2. The lowest BCUT2D eigenvalue weighted by Crippen LogP contribution is -2.30. The Morgan fingerprint density at radius 1 is 1.03 bits per heavy atom. The number of hydrogen-bond donors (Lipinski definition) is 0. The molecule has 0 N–H and O–H groups in total. The van der Waals surface area contributed by atoms with Gasteiger partial charge in [0.05, 0.1) is 0 Å². The lowest BCUT2D eigenvalue weighted by Gasteiger charge is -2.42. The van der Waals surface area contributed by atoms with Crippen LogP contribution >= 0.6 is 0 Å². The van der Waals surface area contributed by atoms with E-state index in [1.807, 2.05) is 31.2 Å². The molecule has 2 aromatic carbocycles. The molecule has 0 aliphatic heterocycles. The Balaban J connectivity index is 1.47. The Morgan fingerprint density at radius 2 is 1.86 bits per heavy atom. The summed E-state index contributed by atoms with van der Waals surface area (Å²) in [6.45, 7) is 4.66. The van der Waals surface area contributed by atoms with Gasteiger partial charge >= 0.3 is 0 Å². The van der Waals surface area contributed by atoms with Gasteiger partial charge in [-0.05, 0) is 79.7 Å². The van der Waals surface area contributed by atoms with E-state index < -0.39 is 0 Å². The van der Waals surface area contributed by atoms with Crippen molar-refractivity contribution in [1.82, 2.24) is 0 Å². The fourth-order valence-electron chi connectivity index (χ4n) is 5.85. The van der Waals surface area contributed by atoms with Crippen LogP contribution in [0.4, 0.5) is 4.39 Å². The fraction of sp³-hybridized carbons (Fsp3) is 0.556. The van der Waals surface area contributed by atoms with Gasteiger partial charge in [0, 0.05) is 5.39 Å². The smallest absolute Gasteiger partial charge is 0.172 e. The molecule has 2 aliphatic rings. The second-order valence-electron chi connectivity index (χ2n) is 9.24. The van der Waals surface area contributed by atoms with Crippen molar-refractivity contribution in [3.05, 3.63) is 53.9 Å². The number of fused-ring (bicyclic) bond motifs is 2. The van der Waals surface area contributed by atoms with Gasteiger partial charge in [0.2, 0.25) is 0 Å². The van der Waals surface area contributed by atoms with Gasteiger partial charge in [-0.25, -0.2) is 4.39 Å². The number of hydrogen-bond acceptors (Lipinski definition) is 1. The molecule has 0 amide bonds. The SMILES string of the molecule is C/C=C/COc1ccc2cc([C@@H]3CC[C@@H]4CC(CCC)CCC4C3)ccc2c1F. The Labute approximate surface area is 175 Å². The van der Waals surface area contributed by atoms with Crippen LogP contribution in [0.2, 0.25) is 0 Å². The van der Waals surface area contributed by atoms with Gasteiger partial charge < -0.3 is 4.74 Å². The van der Waals surface area contributed by atoms with Crippen molar-refractivity contribution in [3.8, 4) is 5.75 Å². The van der Waals surface area contributed by atoms with Crippen molar-refractivity contribution in [1.29, 1.82) is 0 Å². The van der Waals surface area contributed by atoms with E-state index in [-0.39, 0.29) is 5.82 Å². The van der Waals surface area contributed by atoms with E-state index in [9.17, 15) is 4.39 Å². The van der Waals surface area contributed by atoms with Crippen LogP contribution in [0, 0.1) is 23.6 Å². The summed E-state index contributed by atoms with van der Waals surface area (Å²) in [5.74, 6) is 3.56. The molecule has 2 aromatic rings. The molecule has 2 fully saturated rings. The molecule has 0 spiro atoms. The van der Waals surface area contributed by atoms with Gasteiger partial charge in [-0.15, -0.1) is 0 Å². The molecule has 0 aromatic heterocycles. The largest absolute Gasteiger partial charge is 0.486 e. The molecule has 0 saturated heterocycles. The summed E-state index contributed by atoms with van der Waals surface area (Å²) < 4.78 is 20.4. The molecule has 2 aliphatic carbocycles. The second kappa shape index (κ2) is 9.32. The van der Waals surface area contributed by atoms with Crippen LogP contribution in [-0.4, -0.2) is 6.61 Å². The molecular formula is C27H35FO. The van der Waals surface area contributed by atoms with E-state index in [0.717, 1.165) is 23.1 Å². The minimum atomic E-state index is -0.239. The molecule has 1 nitrogen and oxygen atoms in total. The first-order valence-corrected chi connectivity index (χ1v) is 11.7. The Hall–Kier alpha value is -1.83. The van der Waals surface area contributed by atoms with Crippen LogP contribution in [0.15, 0.2) is 42.5 Å². The minimum Gasteiger partial charge on any atom is -0.486 e. The lowest BCUT2D eigenvalue weighted by atomic mass is 9.63. The summed E-state index contributed by atoms with van der Waals surface area (Å²) in [5.41, 5.74) is 1.40. The van der Waals surface area contributed by atoms with Crippen molar-refractivity contribution >= 4 is 10.8 Å². The summed E-state index contributed by atoms with van der Waals surface area (Å²) in [7, 11) is 0. The summed E-state index contributed by atoms with van der Waals surface area (Å²) in [6, 6.07) is 10.1. The van der Waals surface area contributed by atoms with Crippen LogP contribution in [0.1, 0.15) is 76.7 Å². The Bertz CT molecular complexity index is 855. The Morgan fingerprint density at radius 3 is 2.69 bits per heavy atom. The van der Waals surface area contributed by atoms with Crippen LogP contribution < -0.4 is 4.74 Å². The van der Waals surface area contributed by atoms with Gasteiger partial charge in [-0.3, -0.25) is 0 Å². The number of benzene rings is 2. The monoisotopic (exact) mass is 394 g/mol. The Kier molecular flexibility index (Phi) is 6.57. The number of allylic oxidation sites excluding steroid dienone is 1. The van der Waals surface area contributed by atoms with Crippen molar-refractivity contribution in [3.63, 3.8) is 0 Å². The molecule has 29 heavy (non-hydrogen) atoms. The molecule has 2 saturated carbocycles. The highest BCUT2D eigenvalue weighted by Crippen LogP contribution is 2.48. The van der Waals surface area contributed by atoms with Gasteiger partial charge in [-0.1, -0.05) is 62.6 Å². The van der Waals surface area contributed by atoms with E-state index in [1.165, 1.54) is 56.9 Å². The summed E-state index contributed by atoms with van der Waals surface area (Å²) in [4.78, 5) is 0. The highest BCUT2D eigenvalue weighted by Gasteiger charge is 2.35. The highest BCUT2D eigenvalue weighted by molar-refractivity contribution is 5.85. The second-order valence-corrected chi connectivity index (χ2v) is 9.24. The molecule has 2 unspecified atom stereocenters. The first kappa shape index (κ1) is 20.4. The molecule has 0 bridgehead atoms. The molecule has 156 valence electrons. The van der Waals surface area contributed by atoms with E-state index >= 15 is 0 Å². The van der Waals surface area contributed by atoms with E-state index in [2.05, 4.69) is 19.1 Å². The number of rotatable bonds is 6. The number of halogens is 1. The maximum Gasteiger partial charge on any atom is 0.172 e. The predicted octanol–water partition coefficient (Wildman–Crippen LogP) is 8.03. The van der Waals surface area contributed by atoms with E-state index in [0.29, 0.717) is 23.7 Å². The third kappa shape index (κ3) is 4.52. The van der Waals surface area contributed by atoms with Crippen LogP contribution in [0.5, 0.6) is 5.75 Å². The quantitative estimate of drug-likeness (QED) is 0.450. The molecule has 4 rings (SSSR count). The fourth-order valence-corrected chi connectivity index (χ4v) is 5.85. The summed E-state index contributed by atoms with van der Waals surface area (Å²) in [6.07, 6.45) is 14.9. The standard InChI is InChI=1S/C27H35FO/c1-3-5-15-29-26-14-12-24-18-23(11-13-25(24)27(26)28)22-10-9-20-16-19(6-4-2)7-8-21(20)17-22/h3,5,11-14,18-22H,4,6-10,15-17H2,1-2H3/b5-3+/t19?,20-,21?,22-/m1/s1. The maximum absolute atomic E-state index is 14.8. The zero-order chi connectivity index (χ0) is 20.2. The van der Waals surface area contributed by atoms with Crippen molar-refractivity contribution in [2.75, 3.05) is 6.61 Å². The minimum absolute atomic E-state index is 0.239. The van der Waals surface area contributed by atoms with Crippen LogP contribution in [0.25, 0.3) is 10.8 Å². The van der Waals surface area contributed by atoms with Crippen LogP contribution in [-0.2, 0) is 0 Å². The number of ether oxygens (including phenoxy) is 1. The molecule has 2 heteroatoms. The summed E-state index contributed by atoms with van der Waals surface area (Å²) in [5, 5.41) is 1.66.